The van der Waals surface area contributed by atoms with Gasteiger partial charge in [-0.1, -0.05) is 35.3 Å². The lowest BCUT2D eigenvalue weighted by Gasteiger charge is -2.41. The van der Waals surface area contributed by atoms with Crippen molar-refractivity contribution in [2.45, 2.75) is 39.3 Å². The maximum atomic E-state index is 11.9. The van der Waals surface area contributed by atoms with Crippen LogP contribution in [-0.2, 0) is 15.1 Å². The van der Waals surface area contributed by atoms with E-state index in [0.717, 1.165) is 0 Å². The Labute approximate surface area is 128 Å². The number of halogens is 2. The second-order valence-electron chi connectivity index (χ2n) is 4.96. The molecule has 0 radical (unpaired) electrons. The van der Waals surface area contributed by atoms with Crippen LogP contribution >= 0.6 is 23.2 Å². The second kappa shape index (κ2) is 6.02. The minimum Gasteiger partial charge on any atom is -0.479 e. The van der Waals surface area contributed by atoms with Gasteiger partial charge in [-0.3, -0.25) is 4.79 Å². The summed E-state index contributed by atoms with van der Waals surface area (Å²) in [4.78, 5) is 25.0. The molecule has 110 valence electrons. The van der Waals surface area contributed by atoms with Crippen LogP contribution in [0.25, 0.3) is 0 Å². The number of carboxylic acids is 1. The molecule has 6 heteroatoms. The summed E-state index contributed by atoms with van der Waals surface area (Å²) in [5, 5.41) is 10.1. The monoisotopic (exact) mass is 317 g/mol. The predicted octanol–water partition coefficient (Wildman–Crippen LogP) is 3.55. The van der Waals surface area contributed by atoms with Gasteiger partial charge < -0.3 is 10.0 Å². The van der Waals surface area contributed by atoms with E-state index in [1.165, 1.54) is 18.7 Å². The molecule has 1 aromatic carbocycles. The number of hydrogen-bond acceptors (Lipinski definition) is 2. The first-order valence-corrected chi connectivity index (χ1v) is 6.87. The molecule has 4 nitrogen and oxygen atoms in total. The molecule has 20 heavy (non-hydrogen) atoms. The third kappa shape index (κ3) is 2.76. The van der Waals surface area contributed by atoms with Gasteiger partial charge in [0.25, 0.3) is 0 Å². The van der Waals surface area contributed by atoms with Crippen LogP contribution in [-0.4, -0.2) is 27.9 Å². The van der Waals surface area contributed by atoms with Crippen molar-refractivity contribution < 1.29 is 14.7 Å². The number of aliphatic carboxylic acids is 1. The van der Waals surface area contributed by atoms with Crippen LogP contribution in [0.15, 0.2) is 18.2 Å². The van der Waals surface area contributed by atoms with E-state index in [9.17, 15) is 14.7 Å². The molecule has 1 amide bonds. The number of rotatable bonds is 4. The zero-order valence-corrected chi connectivity index (χ0v) is 13.3. The highest BCUT2D eigenvalue weighted by Crippen LogP contribution is 2.38. The Bertz CT molecular complexity index is 545. The van der Waals surface area contributed by atoms with Gasteiger partial charge in [0.15, 0.2) is 5.54 Å². The van der Waals surface area contributed by atoms with Crippen molar-refractivity contribution in [1.29, 1.82) is 0 Å². The van der Waals surface area contributed by atoms with Gasteiger partial charge in [0.2, 0.25) is 5.91 Å². The maximum absolute atomic E-state index is 11.9. The van der Waals surface area contributed by atoms with E-state index >= 15 is 0 Å². The third-order valence-corrected chi connectivity index (χ3v) is 4.05. The first kappa shape index (κ1) is 16.8. The second-order valence-corrected chi connectivity index (χ2v) is 5.75. The fourth-order valence-corrected chi connectivity index (χ4v) is 2.91. The van der Waals surface area contributed by atoms with Crippen molar-refractivity contribution in [2.24, 2.45) is 0 Å². The topological polar surface area (TPSA) is 57.6 Å². The highest BCUT2D eigenvalue weighted by Gasteiger charge is 2.45. The molecule has 0 aliphatic rings. The summed E-state index contributed by atoms with van der Waals surface area (Å²) >= 11 is 12.1. The molecule has 1 N–H and O–H groups in total. The lowest BCUT2D eigenvalue weighted by molar-refractivity contribution is -0.160. The molecule has 1 atom stereocenters. The third-order valence-electron chi connectivity index (χ3n) is 3.23. The number of hydrogen-bond donors (Lipinski definition) is 1. The van der Waals surface area contributed by atoms with Crippen molar-refractivity contribution in [3.8, 4) is 0 Å². The Morgan fingerprint density at radius 2 is 1.85 bits per heavy atom. The minimum absolute atomic E-state index is 0.144. The van der Waals surface area contributed by atoms with Gasteiger partial charge in [0.1, 0.15) is 0 Å². The lowest BCUT2D eigenvalue weighted by Crippen LogP contribution is -2.55. The van der Waals surface area contributed by atoms with Gasteiger partial charge in [0.05, 0.1) is 10.0 Å². The first-order chi connectivity index (χ1) is 9.13. The fraction of sp³-hybridized carbons (Fsp3) is 0.429. The van der Waals surface area contributed by atoms with Crippen LogP contribution in [0.5, 0.6) is 0 Å². The van der Waals surface area contributed by atoms with E-state index < -0.39 is 11.5 Å². The zero-order valence-electron chi connectivity index (χ0n) is 11.8. The highest BCUT2D eigenvalue weighted by atomic mass is 35.5. The number of carbonyl (C=O) groups is 2. The van der Waals surface area contributed by atoms with Crippen LogP contribution in [0.4, 0.5) is 0 Å². The van der Waals surface area contributed by atoms with E-state index in [2.05, 4.69) is 0 Å². The first-order valence-electron chi connectivity index (χ1n) is 6.11. The molecule has 0 fully saturated rings. The number of nitrogens with zero attached hydrogens (tertiary/aromatic N) is 1. The molecule has 0 spiro atoms. The van der Waals surface area contributed by atoms with Gasteiger partial charge in [-0.25, -0.2) is 4.79 Å². The van der Waals surface area contributed by atoms with E-state index in [4.69, 9.17) is 23.2 Å². The maximum Gasteiger partial charge on any atom is 0.334 e. The number of amides is 1. The van der Waals surface area contributed by atoms with Crippen LogP contribution < -0.4 is 0 Å². The van der Waals surface area contributed by atoms with Crippen molar-refractivity contribution in [1.82, 2.24) is 4.90 Å². The van der Waals surface area contributed by atoms with Gasteiger partial charge in [-0.15, -0.1) is 0 Å². The summed E-state index contributed by atoms with van der Waals surface area (Å²) < 4.78 is 0. The van der Waals surface area contributed by atoms with Crippen molar-refractivity contribution >= 4 is 35.1 Å². The van der Waals surface area contributed by atoms with E-state index in [1.54, 1.807) is 32.0 Å². The van der Waals surface area contributed by atoms with Gasteiger partial charge in [0, 0.05) is 18.5 Å². The molecular formula is C14H17Cl2NO3. The average Bonchev–Trinajstić information content (AvgIpc) is 2.31. The van der Waals surface area contributed by atoms with Crippen LogP contribution in [0, 0.1) is 0 Å². The van der Waals surface area contributed by atoms with E-state index in [1.807, 2.05) is 0 Å². The van der Waals surface area contributed by atoms with Crippen LogP contribution in [0.3, 0.4) is 0 Å². The summed E-state index contributed by atoms with van der Waals surface area (Å²) in [7, 11) is 0. The summed E-state index contributed by atoms with van der Waals surface area (Å²) in [6, 6.07) is 4.45. The lowest BCUT2D eigenvalue weighted by atomic mass is 9.88. The molecule has 0 heterocycles. The molecule has 1 rings (SSSR count). The number of carbonyl (C=O) groups excluding carboxylic acids is 1. The van der Waals surface area contributed by atoms with Gasteiger partial charge in [-0.2, -0.15) is 0 Å². The summed E-state index contributed by atoms with van der Waals surface area (Å²) in [6.45, 7) is 6.29. The quantitative estimate of drug-likeness (QED) is 0.923. The number of benzene rings is 1. The Morgan fingerprint density at radius 1 is 1.30 bits per heavy atom. The molecule has 1 unspecified atom stereocenters. The van der Waals surface area contributed by atoms with E-state index in [-0.39, 0.29) is 22.0 Å². The molecule has 0 bridgehead atoms. The normalized spacial score (nSPS) is 13.9. The van der Waals surface area contributed by atoms with Crippen molar-refractivity contribution in [3.05, 3.63) is 33.8 Å². The van der Waals surface area contributed by atoms with E-state index in [0.29, 0.717) is 5.56 Å². The fourth-order valence-electron chi connectivity index (χ4n) is 2.42. The Morgan fingerprint density at radius 3 is 2.25 bits per heavy atom. The standard InChI is InChI=1S/C14H17Cl2NO3/c1-8(2)17(9(3)18)14(4,13(19)20)10-6-5-7-11(15)12(10)16/h5-8H,1-4H3,(H,19,20). The van der Waals surface area contributed by atoms with Crippen molar-refractivity contribution in [3.63, 3.8) is 0 Å². The smallest absolute Gasteiger partial charge is 0.334 e. The minimum atomic E-state index is -1.58. The van der Waals surface area contributed by atoms with Crippen LogP contribution in [0.1, 0.15) is 33.3 Å². The van der Waals surface area contributed by atoms with Gasteiger partial charge in [-0.05, 0) is 26.8 Å². The molecular weight excluding hydrogens is 301 g/mol. The Balaban J connectivity index is 3.61. The average molecular weight is 318 g/mol. The molecule has 0 aliphatic heterocycles. The SMILES string of the molecule is CC(=O)N(C(C)C)C(C)(C(=O)O)c1cccc(Cl)c1Cl. The molecule has 0 saturated heterocycles. The van der Waals surface area contributed by atoms with Crippen molar-refractivity contribution in [2.75, 3.05) is 0 Å². The molecule has 0 aliphatic carbocycles. The highest BCUT2D eigenvalue weighted by molar-refractivity contribution is 6.42. The predicted molar refractivity (Wildman–Crippen MR) is 79.1 cm³/mol. The summed E-state index contributed by atoms with van der Waals surface area (Å²) in [5.41, 5.74) is -1.29. The summed E-state index contributed by atoms with van der Waals surface area (Å²) in [5.74, 6) is -1.51. The Kier molecular flexibility index (Phi) is 5.05. The summed E-state index contributed by atoms with van der Waals surface area (Å²) in [6.07, 6.45) is 0. The molecule has 0 aromatic heterocycles. The van der Waals surface area contributed by atoms with Gasteiger partial charge >= 0.3 is 5.97 Å². The zero-order chi connectivity index (χ0) is 15.7. The molecule has 1 aromatic rings. The largest absolute Gasteiger partial charge is 0.479 e. The number of carboxylic acid groups (broad SMARTS) is 1. The molecule has 0 saturated carbocycles. The van der Waals surface area contributed by atoms with Crippen LogP contribution in [0.2, 0.25) is 10.0 Å². The Hall–Kier alpha value is -1.26.